The number of anilines is 1. The summed E-state index contributed by atoms with van der Waals surface area (Å²) >= 11 is 0. The number of benzene rings is 1. The first-order chi connectivity index (χ1) is 6.68. The third kappa shape index (κ3) is 1.35. The molecule has 14 heavy (non-hydrogen) atoms. The van der Waals surface area contributed by atoms with Gasteiger partial charge in [-0.15, -0.1) is 0 Å². The summed E-state index contributed by atoms with van der Waals surface area (Å²) in [6, 6.07) is 6.19. The molecule has 0 radical (unpaired) electrons. The number of hydrogen-bond acceptors (Lipinski definition) is 2. The smallest absolute Gasteiger partial charge is 0.124 e. The first-order valence-corrected chi connectivity index (χ1v) is 5.12. The molecule has 1 aliphatic heterocycles. The Morgan fingerprint density at radius 1 is 1.50 bits per heavy atom. The van der Waals surface area contributed by atoms with Gasteiger partial charge in [0.05, 0.1) is 7.11 Å². The number of nitrogens with one attached hydrogen (secondary N) is 1. The van der Waals surface area contributed by atoms with Gasteiger partial charge in [0.15, 0.2) is 0 Å². The van der Waals surface area contributed by atoms with Crippen molar-refractivity contribution in [3.05, 3.63) is 23.8 Å². The molecule has 0 aromatic heterocycles. The molecule has 2 heteroatoms. The van der Waals surface area contributed by atoms with Crippen LogP contribution >= 0.6 is 0 Å². The van der Waals surface area contributed by atoms with Gasteiger partial charge in [0.1, 0.15) is 5.75 Å². The molecular formula is C12H17NO. The van der Waals surface area contributed by atoms with Crippen molar-refractivity contribution in [1.82, 2.24) is 0 Å². The van der Waals surface area contributed by atoms with Crippen LogP contribution in [0.1, 0.15) is 25.8 Å². The number of methoxy groups -OCH3 is 1. The highest BCUT2D eigenvalue weighted by Crippen LogP contribution is 2.39. The molecule has 1 unspecified atom stereocenters. The van der Waals surface area contributed by atoms with Crippen molar-refractivity contribution in [2.75, 3.05) is 12.4 Å². The lowest BCUT2D eigenvalue weighted by molar-refractivity contribution is 0.406. The van der Waals surface area contributed by atoms with Gasteiger partial charge >= 0.3 is 0 Å². The summed E-state index contributed by atoms with van der Waals surface area (Å²) in [5.41, 5.74) is 2.75. The van der Waals surface area contributed by atoms with Crippen molar-refractivity contribution in [3.63, 3.8) is 0 Å². The fourth-order valence-corrected chi connectivity index (χ4v) is 2.03. The van der Waals surface area contributed by atoms with E-state index in [9.17, 15) is 0 Å². The lowest BCUT2D eigenvalue weighted by atomic mass is 9.94. The Hall–Kier alpha value is -1.18. The molecule has 2 rings (SSSR count). The molecule has 0 aliphatic carbocycles. The van der Waals surface area contributed by atoms with Crippen molar-refractivity contribution in [2.24, 2.45) is 0 Å². The fraction of sp³-hybridized carbons (Fsp3) is 0.500. The number of rotatable bonds is 2. The summed E-state index contributed by atoms with van der Waals surface area (Å²) in [6.45, 7) is 4.47. The van der Waals surface area contributed by atoms with Gasteiger partial charge in [-0.1, -0.05) is 13.0 Å². The van der Waals surface area contributed by atoms with E-state index in [0.29, 0.717) is 0 Å². The maximum absolute atomic E-state index is 5.35. The Balaban J connectivity index is 2.39. The van der Waals surface area contributed by atoms with Crippen LogP contribution in [0.15, 0.2) is 18.2 Å². The zero-order valence-corrected chi connectivity index (χ0v) is 9.05. The SMILES string of the molecule is CCC1(C)Cc2c(cccc2OC)N1. The quantitative estimate of drug-likeness (QED) is 0.776. The maximum atomic E-state index is 5.35. The molecule has 0 spiro atoms. The van der Waals surface area contributed by atoms with E-state index in [1.807, 2.05) is 12.1 Å². The van der Waals surface area contributed by atoms with E-state index in [4.69, 9.17) is 4.74 Å². The molecule has 0 saturated carbocycles. The Labute approximate surface area is 85.3 Å². The second-order valence-corrected chi connectivity index (χ2v) is 4.20. The summed E-state index contributed by atoms with van der Waals surface area (Å²) in [7, 11) is 1.73. The Morgan fingerprint density at radius 3 is 2.93 bits per heavy atom. The molecular weight excluding hydrogens is 174 g/mol. The van der Waals surface area contributed by atoms with E-state index in [1.165, 1.54) is 11.3 Å². The molecule has 0 fully saturated rings. The Bertz CT molecular complexity index is 348. The summed E-state index contributed by atoms with van der Waals surface area (Å²) < 4.78 is 5.35. The maximum Gasteiger partial charge on any atom is 0.124 e. The Morgan fingerprint density at radius 2 is 2.29 bits per heavy atom. The molecule has 76 valence electrons. The molecule has 1 heterocycles. The van der Waals surface area contributed by atoms with Crippen LogP contribution in [0.4, 0.5) is 5.69 Å². The van der Waals surface area contributed by atoms with Crippen LogP contribution in [-0.2, 0) is 6.42 Å². The van der Waals surface area contributed by atoms with Crippen LogP contribution in [0.25, 0.3) is 0 Å². The first kappa shape index (κ1) is 9.38. The standard InChI is InChI=1S/C12H17NO/c1-4-12(2)8-9-10(13-12)6-5-7-11(9)14-3/h5-7,13H,4,8H2,1-3H3. The van der Waals surface area contributed by atoms with E-state index in [-0.39, 0.29) is 5.54 Å². The summed E-state index contributed by atoms with van der Waals surface area (Å²) in [5.74, 6) is 1.01. The average Bonchev–Trinajstić information content (AvgIpc) is 2.54. The van der Waals surface area contributed by atoms with E-state index in [2.05, 4.69) is 25.2 Å². The van der Waals surface area contributed by atoms with Gasteiger partial charge < -0.3 is 10.1 Å². The van der Waals surface area contributed by atoms with E-state index in [1.54, 1.807) is 7.11 Å². The molecule has 0 amide bonds. The molecule has 0 bridgehead atoms. The van der Waals surface area contributed by atoms with Crippen LogP contribution in [0.2, 0.25) is 0 Å². The summed E-state index contributed by atoms with van der Waals surface area (Å²) in [5, 5.41) is 3.56. The van der Waals surface area contributed by atoms with Crippen molar-refractivity contribution < 1.29 is 4.74 Å². The zero-order valence-electron chi connectivity index (χ0n) is 9.05. The first-order valence-electron chi connectivity index (χ1n) is 5.12. The Kier molecular flexibility index (Phi) is 2.14. The lowest BCUT2D eigenvalue weighted by Gasteiger charge is -2.22. The number of fused-ring (bicyclic) bond motifs is 1. The summed E-state index contributed by atoms with van der Waals surface area (Å²) in [6.07, 6.45) is 2.19. The lowest BCUT2D eigenvalue weighted by Crippen LogP contribution is -2.30. The van der Waals surface area contributed by atoms with Gasteiger partial charge in [0, 0.05) is 23.2 Å². The van der Waals surface area contributed by atoms with E-state index in [0.717, 1.165) is 18.6 Å². The van der Waals surface area contributed by atoms with Crippen LogP contribution in [0.5, 0.6) is 5.75 Å². The minimum atomic E-state index is 0.205. The van der Waals surface area contributed by atoms with Crippen LogP contribution in [-0.4, -0.2) is 12.6 Å². The molecule has 1 aromatic carbocycles. The van der Waals surface area contributed by atoms with Gasteiger partial charge in [-0.25, -0.2) is 0 Å². The van der Waals surface area contributed by atoms with Crippen molar-refractivity contribution >= 4 is 5.69 Å². The van der Waals surface area contributed by atoms with Crippen molar-refractivity contribution in [1.29, 1.82) is 0 Å². The van der Waals surface area contributed by atoms with Gasteiger partial charge in [0.25, 0.3) is 0 Å². The van der Waals surface area contributed by atoms with Gasteiger partial charge in [-0.05, 0) is 25.5 Å². The normalized spacial score (nSPS) is 24.2. The van der Waals surface area contributed by atoms with Gasteiger partial charge in [-0.3, -0.25) is 0 Å². The second kappa shape index (κ2) is 3.19. The monoisotopic (exact) mass is 191 g/mol. The number of ether oxygens (including phenoxy) is 1. The number of hydrogen-bond donors (Lipinski definition) is 1. The highest BCUT2D eigenvalue weighted by atomic mass is 16.5. The van der Waals surface area contributed by atoms with E-state index < -0.39 is 0 Å². The zero-order chi connectivity index (χ0) is 10.2. The molecule has 0 saturated heterocycles. The average molecular weight is 191 g/mol. The minimum Gasteiger partial charge on any atom is -0.496 e. The molecule has 1 aliphatic rings. The largest absolute Gasteiger partial charge is 0.496 e. The molecule has 2 nitrogen and oxygen atoms in total. The van der Waals surface area contributed by atoms with Crippen molar-refractivity contribution in [2.45, 2.75) is 32.2 Å². The molecule has 1 aromatic rings. The van der Waals surface area contributed by atoms with Crippen LogP contribution < -0.4 is 10.1 Å². The molecule has 1 atom stereocenters. The highest BCUT2D eigenvalue weighted by Gasteiger charge is 2.32. The highest BCUT2D eigenvalue weighted by molar-refractivity contribution is 5.63. The topological polar surface area (TPSA) is 21.3 Å². The van der Waals surface area contributed by atoms with Gasteiger partial charge in [0.2, 0.25) is 0 Å². The van der Waals surface area contributed by atoms with Gasteiger partial charge in [-0.2, -0.15) is 0 Å². The molecule has 1 N–H and O–H groups in total. The third-order valence-corrected chi connectivity index (χ3v) is 3.14. The predicted molar refractivity (Wildman–Crippen MR) is 59.0 cm³/mol. The third-order valence-electron chi connectivity index (χ3n) is 3.14. The van der Waals surface area contributed by atoms with Crippen molar-refractivity contribution in [3.8, 4) is 5.75 Å². The predicted octanol–water partition coefficient (Wildman–Crippen LogP) is 2.83. The van der Waals surface area contributed by atoms with Crippen LogP contribution in [0.3, 0.4) is 0 Å². The van der Waals surface area contributed by atoms with E-state index >= 15 is 0 Å². The fourth-order valence-electron chi connectivity index (χ4n) is 2.03. The summed E-state index contributed by atoms with van der Waals surface area (Å²) in [4.78, 5) is 0. The minimum absolute atomic E-state index is 0.205. The van der Waals surface area contributed by atoms with Crippen LogP contribution in [0, 0.1) is 0 Å². The second-order valence-electron chi connectivity index (χ2n) is 4.20.